The third-order valence-electron chi connectivity index (χ3n) is 2.31. The molecule has 0 unspecified atom stereocenters. The summed E-state index contributed by atoms with van der Waals surface area (Å²) in [6.07, 6.45) is 3.29. The first-order valence-corrected chi connectivity index (χ1v) is 5.05. The minimum atomic E-state index is -0.0123. The molecular weight excluding hydrogens is 202 g/mol. The maximum atomic E-state index is 12.1. The fourth-order valence-corrected chi connectivity index (χ4v) is 1.67. The van der Waals surface area contributed by atoms with Crippen molar-refractivity contribution >= 4 is 5.78 Å². The van der Waals surface area contributed by atoms with Gasteiger partial charge in [-0.15, -0.1) is 0 Å². The van der Waals surface area contributed by atoms with Crippen LogP contribution in [0.5, 0.6) is 0 Å². The second kappa shape index (κ2) is 3.89. The maximum absolute atomic E-state index is 12.1. The van der Waals surface area contributed by atoms with E-state index in [0.29, 0.717) is 11.1 Å². The molecule has 0 saturated carbocycles. The highest BCUT2D eigenvalue weighted by Gasteiger charge is 2.11. The Bertz CT molecular complexity index is 523. The SMILES string of the molecule is Cc1cc(C(=O)c2cnn(C)c2)cc(C)n1. The van der Waals surface area contributed by atoms with E-state index >= 15 is 0 Å². The van der Waals surface area contributed by atoms with Gasteiger partial charge in [-0.25, -0.2) is 0 Å². The zero-order chi connectivity index (χ0) is 11.7. The Balaban J connectivity index is 2.41. The predicted octanol–water partition coefficient (Wildman–Crippen LogP) is 1.66. The van der Waals surface area contributed by atoms with E-state index in [2.05, 4.69) is 10.1 Å². The van der Waals surface area contributed by atoms with Gasteiger partial charge in [-0.3, -0.25) is 14.5 Å². The standard InChI is InChI=1S/C12H13N3O/c1-8-4-10(5-9(2)14-8)12(16)11-6-13-15(3)7-11/h4-7H,1-3H3. The van der Waals surface area contributed by atoms with Crippen LogP contribution in [0.2, 0.25) is 0 Å². The van der Waals surface area contributed by atoms with Crippen LogP contribution >= 0.6 is 0 Å². The highest BCUT2D eigenvalue weighted by atomic mass is 16.1. The van der Waals surface area contributed by atoms with Crippen molar-refractivity contribution < 1.29 is 4.79 Å². The third-order valence-corrected chi connectivity index (χ3v) is 2.31. The summed E-state index contributed by atoms with van der Waals surface area (Å²) in [4.78, 5) is 16.3. The molecule has 0 spiro atoms. The first-order chi connectivity index (χ1) is 7.56. The van der Waals surface area contributed by atoms with E-state index in [1.165, 1.54) is 0 Å². The first-order valence-electron chi connectivity index (χ1n) is 5.05. The Hall–Kier alpha value is -1.97. The minimum absolute atomic E-state index is 0.0123. The Morgan fingerprint density at radius 3 is 2.31 bits per heavy atom. The average Bonchev–Trinajstić information content (AvgIpc) is 2.62. The van der Waals surface area contributed by atoms with E-state index in [1.54, 1.807) is 36.3 Å². The molecule has 82 valence electrons. The van der Waals surface area contributed by atoms with E-state index in [-0.39, 0.29) is 5.78 Å². The van der Waals surface area contributed by atoms with Gasteiger partial charge in [0.05, 0.1) is 11.8 Å². The highest BCUT2D eigenvalue weighted by molar-refractivity contribution is 6.08. The number of carbonyl (C=O) groups is 1. The van der Waals surface area contributed by atoms with Crippen LogP contribution in [0, 0.1) is 13.8 Å². The van der Waals surface area contributed by atoms with Crippen molar-refractivity contribution in [2.45, 2.75) is 13.8 Å². The van der Waals surface area contributed by atoms with Gasteiger partial charge in [0.15, 0.2) is 5.78 Å². The predicted molar refractivity (Wildman–Crippen MR) is 60.4 cm³/mol. The van der Waals surface area contributed by atoms with E-state index in [1.807, 2.05) is 13.8 Å². The van der Waals surface area contributed by atoms with Gasteiger partial charge in [-0.2, -0.15) is 5.10 Å². The molecule has 2 rings (SSSR count). The summed E-state index contributed by atoms with van der Waals surface area (Å²) in [5, 5.41) is 3.99. The van der Waals surface area contributed by atoms with Crippen LogP contribution in [0.4, 0.5) is 0 Å². The van der Waals surface area contributed by atoms with Crippen molar-refractivity contribution in [3.8, 4) is 0 Å². The molecule has 0 bridgehead atoms. The van der Waals surface area contributed by atoms with Crippen molar-refractivity contribution in [1.29, 1.82) is 0 Å². The fraction of sp³-hybridized carbons (Fsp3) is 0.250. The van der Waals surface area contributed by atoms with Crippen molar-refractivity contribution in [3.05, 3.63) is 47.0 Å². The van der Waals surface area contributed by atoms with E-state index in [0.717, 1.165) is 11.4 Å². The average molecular weight is 215 g/mol. The maximum Gasteiger partial charge on any atom is 0.196 e. The molecule has 2 heterocycles. The number of ketones is 1. The van der Waals surface area contributed by atoms with Crippen LogP contribution in [-0.2, 0) is 7.05 Å². The van der Waals surface area contributed by atoms with Crippen LogP contribution in [0.25, 0.3) is 0 Å². The topological polar surface area (TPSA) is 47.8 Å². The van der Waals surface area contributed by atoms with Crippen molar-refractivity contribution in [2.24, 2.45) is 7.05 Å². The number of hydrogen-bond donors (Lipinski definition) is 0. The number of nitrogens with zero attached hydrogens (tertiary/aromatic N) is 3. The highest BCUT2D eigenvalue weighted by Crippen LogP contribution is 2.11. The van der Waals surface area contributed by atoms with Crippen molar-refractivity contribution in [1.82, 2.24) is 14.8 Å². The zero-order valence-electron chi connectivity index (χ0n) is 9.56. The summed E-state index contributed by atoms with van der Waals surface area (Å²) >= 11 is 0. The smallest absolute Gasteiger partial charge is 0.196 e. The molecule has 0 aliphatic rings. The van der Waals surface area contributed by atoms with Gasteiger partial charge in [0, 0.05) is 30.2 Å². The van der Waals surface area contributed by atoms with Crippen molar-refractivity contribution in [2.75, 3.05) is 0 Å². The fourth-order valence-electron chi connectivity index (χ4n) is 1.67. The normalized spacial score (nSPS) is 10.4. The lowest BCUT2D eigenvalue weighted by Crippen LogP contribution is -2.02. The van der Waals surface area contributed by atoms with Crippen LogP contribution in [0.3, 0.4) is 0 Å². The molecule has 2 aromatic heterocycles. The van der Waals surface area contributed by atoms with Gasteiger partial charge < -0.3 is 0 Å². The molecule has 0 aromatic carbocycles. The molecule has 4 heteroatoms. The van der Waals surface area contributed by atoms with Crippen LogP contribution in [0.15, 0.2) is 24.5 Å². The molecular formula is C12H13N3O. The number of rotatable bonds is 2. The number of hydrogen-bond acceptors (Lipinski definition) is 3. The van der Waals surface area contributed by atoms with E-state index in [9.17, 15) is 4.79 Å². The third kappa shape index (κ3) is 2.00. The molecule has 0 aliphatic carbocycles. The summed E-state index contributed by atoms with van der Waals surface area (Å²) in [5.41, 5.74) is 2.98. The lowest BCUT2D eigenvalue weighted by molar-refractivity contribution is 0.103. The summed E-state index contributed by atoms with van der Waals surface area (Å²) in [6.45, 7) is 3.76. The van der Waals surface area contributed by atoms with Crippen LogP contribution in [0.1, 0.15) is 27.3 Å². The lowest BCUT2D eigenvalue weighted by atomic mass is 10.1. The van der Waals surface area contributed by atoms with Gasteiger partial charge >= 0.3 is 0 Å². The second-order valence-electron chi connectivity index (χ2n) is 3.87. The van der Waals surface area contributed by atoms with Crippen molar-refractivity contribution in [3.63, 3.8) is 0 Å². The summed E-state index contributed by atoms with van der Waals surface area (Å²) in [7, 11) is 1.79. The molecule has 0 saturated heterocycles. The van der Waals surface area contributed by atoms with Gasteiger partial charge in [0.2, 0.25) is 0 Å². The Kier molecular flexibility index (Phi) is 2.56. The molecule has 0 radical (unpaired) electrons. The monoisotopic (exact) mass is 215 g/mol. The van der Waals surface area contributed by atoms with Crippen LogP contribution in [-0.4, -0.2) is 20.5 Å². The Labute approximate surface area is 93.9 Å². The van der Waals surface area contributed by atoms with Gasteiger partial charge in [-0.05, 0) is 26.0 Å². The lowest BCUT2D eigenvalue weighted by Gasteiger charge is -2.01. The molecule has 0 atom stereocenters. The molecule has 0 amide bonds. The van der Waals surface area contributed by atoms with Crippen LogP contribution < -0.4 is 0 Å². The second-order valence-corrected chi connectivity index (χ2v) is 3.87. The number of pyridine rings is 1. The molecule has 2 aromatic rings. The number of carbonyl (C=O) groups excluding carboxylic acids is 1. The van der Waals surface area contributed by atoms with Gasteiger partial charge in [0.1, 0.15) is 0 Å². The zero-order valence-corrected chi connectivity index (χ0v) is 9.56. The number of aromatic nitrogens is 3. The summed E-state index contributed by atoms with van der Waals surface area (Å²) < 4.78 is 1.62. The molecule has 0 fully saturated rings. The molecule has 16 heavy (non-hydrogen) atoms. The molecule has 4 nitrogen and oxygen atoms in total. The molecule has 0 aliphatic heterocycles. The number of aryl methyl sites for hydroxylation is 3. The Morgan fingerprint density at radius 1 is 1.19 bits per heavy atom. The summed E-state index contributed by atoms with van der Waals surface area (Å²) in [5.74, 6) is -0.0123. The minimum Gasteiger partial charge on any atom is -0.288 e. The summed E-state index contributed by atoms with van der Waals surface area (Å²) in [6, 6.07) is 3.59. The Morgan fingerprint density at radius 2 is 1.81 bits per heavy atom. The van der Waals surface area contributed by atoms with E-state index in [4.69, 9.17) is 0 Å². The quantitative estimate of drug-likeness (QED) is 0.716. The van der Waals surface area contributed by atoms with E-state index < -0.39 is 0 Å². The first kappa shape index (κ1) is 10.5. The molecule has 0 N–H and O–H groups in total. The largest absolute Gasteiger partial charge is 0.288 e. The van der Waals surface area contributed by atoms with Gasteiger partial charge in [0.25, 0.3) is 0 Å². The van der Waals surface area contributed by atoms with Gasteiger partial charge in [-0.1, -0.05) is 0 Å².